The Morgan fingerprint density at radius 3 is 2.66 bits per heavy atom. The first kappa shape index (κ1) is 19.4. The van der Waals surface area contributed by atoms with Gasteiger partial charge in [0.1, 0.15) is 12.7 Å². The highest BCUT2D eigenvalue weighted by Crippen LogP contribution is 2.31. The van der Waals surface area contributed by atoms with Crippen molar-refractivity contribution in [2.45, 2.75) is 20.3 Å². The number of hydrogen-bond donors (Lipinski definition) is 2. The molecule has 0 aliphatic carbocycles. The van der Waals surface area contributed by atoms with Crippen molar-refractivity contribution < 1.29 is 4.79 Å². The third-order valence-electron chi connectivity index (χ3n) is 4.84. The van der Waals surface area contributed by atoms with E-state index in [4.69, 9.17) is 23.2 Å². The number of fused-ring (bicyclic) bond motifs is 1. The van der Waals surface area contributed by atoms with Crippen molar-refractivity contribution in [1.82, 2.24) is 30.0 Å². The van der Waals surface area contributed by atoms with Gasteiger partial charge >= 0.3 is 0 Å². The van der Waals surface area contributed by atoms with E-state index in [2.05, 4.69) is 25.5 Å². The van der Waals surface area contributed by atoms with Gasteiger partial charge in [-0.1, -0.05) is 29.3 Å². The minimum absolute atomic E-state index is 0.241. The number of nitrogens with one attached hydrogen (secondary N) is 2. The van der Waals surface area contributed by atoms with Gasteiger partial charge < -0.3 is 10.3 Å². The zero-order chi connectivity index (χ0) is 20.5. The zero-order valence-electron chi connectivity index (χ0n) is 15.8. The maximum absolute atomic E-state index is 12.5. The van der Waals surface area contributed by atoms with Crippen LogP contribution in [-0.4, -0.2) is 37.2 Å². The van der Waals surface area contributed by atoms with Crippen LogP contribution in [0.4, 0.5) is 0 Å². The van der Waals surface area contributed by atoms with Crippen molar-refractivity contribution in [1.29, 1.82) is 0 Å². The Labute approximate surface area is 177 Å². The average Bonchev–Trinajstić information content (AvgIpc) is 3.34. The molecule has 0 radical (unpaired) electrons. The second-order valence-electron chi connectivity index (χ2n) is 6.75. The molecule has 148 valence electrons. The van der Waals surface area contributed by atoms with E-state index in [1.165, 1.54) is 18.9 Å². The number of aromatic amines is 1. The molecule has 29 heavy (non-hydrogen) atoms. The monoisotopic (exact) mass is 428 g/mol. The lowest BCUT2D eigenvalue weighted by atomic mass is 10.1. The molecule has 3 heterocycles. The third kappa shape index (κ3) is 3.71. The summed E-state index contributed by atoms with van der Waals surface area (Å²) in [7, 11) is 0. The zero-order valence-corrected chi connectivity index (χ0v) is 17.3. The first-order chi connectivity index (χ1) is 14.0. The molecule has 0 unspecified atom stereocenters. The fourth-order valence-electron chi connectivity index (χ4n) is 3.36. The van der Waals surface area contributed by atoms with Gasteiger partial charge in [0.15, 0.2) is 5.82 Å². The van der Waals surface area contributed by atoms with Crippen molar-refractivity contribution in [2.75, 3.05) is 6.54 Å². The van der Waals surface area contributed by atoms with E-state index in [9.17, 15) is 4.79 Å². The number of H-pyrrole nitrogens is 1. The van der Waals surface area contributed by atoms with Crippen LogP contribution in [0.5, 0.6) is 0 Å². The minimum atomic E-state index is -0.241. The highest BCUT2D eigenvalue weighted by Gasteiger charge is 2.15. The van der Waals surface area contributed by atoms with Gasteiger partial charge in [0.25, 0.3) is 5.91 Å². The Morgan fingerprint density at radius 2 is 1.93 bits per heavy atom. The average molecular weight is 429 g/mol. The fraction of sp³-hybridized carbons (Fsp3) is 0.200. The number of carbonyl (C=O) groups is 1. The second-order valence-corrected chi connectivity index (χ2v) is 7.56. The van der Waals surface area contributed by atoms with Crippen molar-refractivity contribution in [2.24, 2.45) is 0 Å². The molecule has 1 aromatic carbocycles. The molecule has 0 saturated carbocycles. The number of aryl methyl sites for hydroxylation is 2. The first-order valence-electron chi connectivity index (χ1n) is 9.00. The largest absolute Gasteiger partial charge is 0.358 e. The number of amides is 1. The molecule has 0 aliphatic rings. The number of pyridine rings is 1. The summed E-state index contributed by atoms with van der Waals surface area (Å²) in [5.74, 6) is 0.224. The first-order valence-corrected chi connectivity index (χ1v) is 9.76. The molecule has 2 N–H and O–H groups in total. The van der Waals surface area contributed by atoms with Crippen LogP contribution in [-0.2, 0) is 6.42 Å². The Bertz CT molecular complexity index is 1200. The lowest BCUT2D eigenvalue weighted by Gasteiger charge is -2.08. The molecular formula is C20H18Cl2N6O. The van der Waals surface area contributed by atoms with Gasteiger partial charge in [-0.15, -0.1) is 10.2 Å². The van der Waals surface area contributed by atoms with E-state index in [-0.39, 0.29) is 5.91 Å². The lowest BCUT2D eigenvalue weighted by Crippen LogP contribution is -2.26. The summed E-state index contributed by atoms with van der Waals surface area (Å²) in [6, 6.07) is 5.47. The highest BCUT2D eigenvalue weighted by atomic mass is 35.5. The quantitative estimate of drug-likeness (QED) is 0.501. The Morgan fingerprint density at radius 1 is 1.17 bits per heavy atom. The molecule has 0 spiro atoms. The third-order valence-corrected chi connectivity index (χ3v) is 5.43. The summed E-state index contributed by atoms with van der Waals surface area (Å²) in [5.41, 5.74) is 4.71. The number of carbonyl (C=O) groups excluding carboxylic acids is 1. The van der Waals surface area contributed by atoms with E-state index in [1.54, 1.807) is 10.6 Å². The molecule has 9 heteroatoms. The molecule has 1 amide bonds. The summed E-state index contributed by atoms with van der Waals surface area (Å²) >= 11 is 12.7. The molecule has 0 aliphatic heterocycles. The molecule has 4 aromatic rings. The fourth-order valence-corrected chi connectivity index (χ4v) is 3.89. The van der Waals surface area contributed by atoms with Gasteiger partial charge in [-0.05, 0) is 43.5 Å². The summed E-state index contributed by atoms with van der Waals surface area (Å²) in [4.78, 5) is 20.2. The number of hydrogen-bond acceptors (Lipinski definition) is 4. The van der Waals surface area contributed by atoms with Gasteiger partial charge in [0, 0.05) is 23.8 Å². The summed E-state index contributed by atoms with van der Waals surface area (Å²) < 4.78 is 1.58. The van der Waals surface area contributed by atoms with Gasteiger partial charge in [-0.3, -0.25) is 9.36 Å². The van der Waals surface area contributed by atoms with E-state index in [0.29, 0.717) is 34.4 Å². The maximum atomic E-state index is 12.5. The Kier molecular flexibility index (Phi) is 5.25. The van der Waals surface area contributed by atoms with Crippen LogP contribution >= 0.6 is 23.2 Å². The van der Waals surface area contributed by atoms with Gasteiger partial charge in [0.05, 0.1) is 21.1 Å². The van der Waals surface area contributed by atoms with E-state index < -0.39 is 0 Å². The summed E-state index contributed by atoms with van der Waals surface area (Å²) in [6.07, 6.45) is 5.11. The van der Waals surface area contributed by atoms with Crippen LogP contribution in [0, 0.1) is 13.8 Å². The standard InChI is InChI=1S/C20H18Cl2N6O/c1-11-3-4-15(21)17-14(12(2)27-18(11)17)5-6-23-20(29)13-7-16(22)19(24-8-13)28-9-25-26-10-28/h3-4,7-10,27H,5-6H2,1-2H3,(H,23,29). The molecule has 0 saturated heterocycles. The second kappa shape index (κ2) is 7.85. The lowest BCUT2D eigenvalue weighted by molar-refractivity contribution is 0.0954. The number of rotatable bonds is 5. The predicted molar refractivity (Wildman–Crippen MR) is 113 cm³/mol. The van der Waals surface area contributed by atoms with Crippen LogP contribution in [0.2, 0.25) is 10.0 Å². The Hall–Kier alpha value is -2.90. The van der Waals surface area contributed by atoms with Crippen molar-refractivity contribution in [3.8, 4) is 5.82 Å². The Balaban J connectivity index is 1.47. The molecule has 0 bridgehead atoms. The van der Waals surface area contributed by atoms with E-state index in [1.807, 2.05) is 26.0 Å². The van der Waals surface area contributed by atoms with E-state index >= 15 is 0 Å². The summed E-state index contributed by atoms with van der Waals surface area (Å²) in [5, 5.41) is 12.4. The molecule has 3 aromatic heterocycles. The van der Waals surface area contributed by atoms with Crippen LogP contribution in [0.1, 0.15) is 27.2 Å². The number of nitrogens with zero attached hydrogens (tertiary/aromatic N) is 4. The number of benzene rings is 1. The number of aromatic nitrogens is 5. The molecule has 4 rings (SSSR count). The van der Waals surface area contributed by atoms with Gasteiger partial charge in [0.2, 0.25) is 0 Å². The molecule has 0 fully saturated rings. The smallest absolute Gasteiger partial charge is 0.252 e. The predicted octanol–water partition coefficient (Wildman–Crippen LogP) is 4.04. The normalized spacial score (nSPS) is 11.2. The van der Waals surface area contributed by atoms with Crippen molar-refractivity contribution in [3.05, 3.63) is 69.5 Å². The SMILES string of the molecule is Cc1[nH]c2c(C)ccc(Cl)c2c1CCNC(=O)c1cnc(-n2cnnc2)c(Cl)c1. The number of halogens is 2. The molecule has 7 nitrogen and oxygen atoms in total. The van der Waals surface area contributed by atoms with Crippen LogP contribution < -0.4 is 5.32 Å². The maximum Gasteiger partial charge on any atom is 0.252 e. The van der Waals surface area contributed by atoms with Gasteiger partial charge in [-0.25, -0.2) is 4.98 Å². The molecule has 0 atom stereocenters. The van der Waals surface area contributed by atoms with Crippen LogP contribution in [0.15, 0.2) is 37.1 Å². The summed E-state index contributed by atoms with van der Waals surface area (Å²) in [6.45, 7) is 4.52. The topological polar surface area (TPSA) is 88.5 Å². The van der Waals surface area contributed by atoms with Crippen molar-refractivity contribution >= 4 is 40.0 Å². The van der Waals surface area contributed by atoms with Gasteiger partial charge in [-0.2, -0.15) is 0 Å². The highest BCUT2D eigenvalue weighted by molar-refractivity contribution is 6.36. The van der Waals surface area contributed by atoms with E-state index in [0.717, 1.165) is 27.7 Å². The molecular weight excluding hydrogens is 411 g/mol. The van der Waals surface area contributed by atoms with Crippen LogP contribution in [0.25, 0.3) is 16.7 Å². The van der Waals surface area contributed by atoms with Crippen LogP contribution in [0.3, 0.4) is 0 Å². The van der Waals surface area contributed by atoms with Crippen molar-refractivity contribution in [3.63, 3.8) is 0 Å². The minimum Gasteiger partial charge on any atom is -0.358 e.